The predicted molar refractivity (Wildman–Crippen MR) is 107 cm³/mol. The molecule has 1 aromatic carbocycles. The Bertz CT molecular complexity index is 564. The van der Waals surface area contributed by atoms with Gasteiger partial charge in [-0.1, -0.05) is 30.3 Å². The quantitative estimate of drug-likeness (QED) is 0.315. The maximum absolute atomic E-state index is 10.9. The summed E-state index contributed by atoms with van der Waals surface area (Å²) in [5, 5.41) is 11.3. The van der Waals surface area contributed by atoms with E-state index >= 15 is 0 Å². The predicted octanol–water partition coefficient (Wildman–Crippen LogP) is 1.47. The van der Waals surface area contributed by atoms with Crippen molar-refractivity contribution < 1.29 is 8.42 Å². The second-order valence-corrected chi connectivity index (χ2v) is 6.93. The normalized spacial score (nSPS) is 13.1. The van der Waals surface area contributed by atoms with E-state index in [4.69, 9.17) is 5.14 Å². The van der Waals surface area contributed by atoms with Crippen molar-refractivity contribution in [3.05, 3.63) is 35.9 Å². The standard InChI is InChI=1S/C15H26N4O2S.HI/c1-3-17-15(18-11-12-22(16,20)21)19-13(2)9-10-14-7-5-4-6-8-14;/h4-8,13H,3,9-12H2,1-2H3,(H2,16,20,21)(H2,17,18,19);1H. The molecular weight excluding hydrogens is 427 g/mol. The van der Waals surface area contributed by atoms with Gasteiger partial charge in [0, 0.05) is 12.6 Å². The maximum atomic E-state index is 10.9. The van der Waals surface area contributed by atoms with Crippen molar-refractivity contribution in [2.75, 3.05) is 18.8 Å². The molecule has 0 saturated carbocycles. The molecule has 1 rings (SSSR count). The van der Waals surface area contributed by atoms with E-state index in [1.165, 1.54) is 5.56 Å². The number of aryl methyl sites for hydroxylation is 1. The highest BCUT2D eigenvalue weighted by molar-refractivity contribution is 14.0. The van der Waals surface area contributed by atoms with Crippen LogP contribution in [0, 0.1) is 0 Å². The van der Waals surface area contributed by atoms with Gasteiger partial charge in [0.25, 0.3) is 0 Å². The molecule has 6 nitrogen and oxygen atoms in total. The SMILES string of the molecule is CCNC(=NCCS(N)(=O)=O)NC(C)CCc1ccccc1.I. The summed E-state index contributed by atoms with van der Waals surface area (Å²) in [6, 6.07) is 10.5. The fourth-order valence-corrected chi connectivity index (χ4v) is 2.28. The number of halogens is 1. The Kier molecular flexibility index (Phi) is 11.2. The molecular formula is C15H27IN4O2S. The number of aliphatic imine (C=N–C) groups is 1. The molecule has 0 radical (unpaired) electrons. The lowest BCUT2D eigenvalue weighted by Crippen LogP contribution is -2.42. The van der Waals surface area contributed by atoms with Gasteiger partial charge in [-0.25, -0.2) is 13.6 Å². The minimum Gasteiger partial charge on any atom is -0.357 e. The first-order valence-corrected chi connectivity index (χ1v) is 9.21. The smallest absolute Gasteiger partial charge is 0.210 e. The number of rotatable bonds is 8. The summed E-state index contributed by atoms with van der Waals surface area (Å²) in [4.78, 5) is 4.23. The lowest BCUT2D eigenvalue weighted by atomic mass is 10.1. The van der Waals surface area contributed by atoms with Crippen LogP contribution in [0.1, 0.15) is 25.8 Å². The van der Waals surface area contributed by atoms with Crippen molar-refractivity contribution in [2.45, 2.75) is 32.7 Å². The summed E-state index contributed by atoms with van der Waals surface area (Å²) >= 11 is 0. The average molecular weight is 454 g/mol. The van der Waals surface area contributed by atoms with Gasteiger partial charge in [-0.15, -0.1) is 24.0 Å². The van der Waals surface area contributed by atoms with Crippen LogP contribution in [0.25, 0.3) is 0 Å². The number of nitrogens with zero attached hydrogens (tertiary/aromatic N) is 1. The summed E-state index contributed by atoms with van der Waals surface area (Å²) in [6.45, 7) is 4.91. The number of guanidine groups is 1. The molecule has 0 bridgehead atoms. The first-order chi connectivity index (χ1) is 10.4. The Balaban J connectivity index is 0.00000484. The van der Waals surface area contributed by atoms with Crippen LogP contribution in [0.3, 0.4) is 0 Å². The zero-order valence-electron chi connectivity index (χ0n) is 13.7. The van der Waals surface area contributed by atoms with Gasteiger partial charge in [0.15, 0.2) is 5.96 Å². The van der Waals surface area contributed by atoms with Crippen LogP contribution < -0.4 is 15.8 Å². The van der Waals surface area contributed by atoms with Crippen LogP contribution in [0.4, 0.5) is 0 Å². The van der Waals surface area contributed by atoms with E-state index in [2.05, 4.69) is 34.7 Å². The van der Waals surface area contributed by atoms with Crippen LogP contribution >= 0.6 is 24.0 Å². The highest BCUT2D eigenvalue weighted by atomic mass is 127. The van der Waals surface area contributed by atoms with Crippen LogP contribution in [0.5, 0.6) is 0 Å². The summed E-state index contributed by atoms with van der Waals surface area (Å²) in [5.74, 6) is 0.467. The minimum absolute atomic E-state index is 0. The summed E-state index contributed by atoms with van der Waals surface area (Å²) in [7, 11) is -3.47. The number of hydrogen-bond donors (Lipinski definition) is 3. The summed E-state index contributed by atoms with van der Waals surface area (Å²) in [5.41, 5.74) is 1.30. The molecule has 0 aliphatic carbocycles. The third kappa shape index (κ3) is 11.3. The fourth-order valence-electron chi connectivity index (χ4n) is 1.94. The molecule has 0 spiro atoms. The average Bonchev–Trinajstić information content (AvgIpc) is 2.45. The van der Waals surface area contributed by atoms with Gasteiger partial charge in [-0.3, -0.25) is 4.99 Å². The van der Waals surface area contributed by atoms with Crippen molar-refractivity contribution >= 4 is 40.0 Å². The summed E-state index contributed by atoms with van der Waals surface area (Å²) in [6.07, 6.45) is 1.94. The third-order valence-electron chi connectivity index (χ3n) is 3.08. The highest BCUT2D eigenvalue weighted by Crippen LogP contribution is 2.04. The second kappa shape index (κ2) is 11.6. The van der Waals surface area contributed by atoms with Gasteiger partial charge in [-0.05, 0) is 32.3 Å². The van der Waals surface area contributed by atoms with E-state index in [-0.39, 0.29) is 42.3 Å². The van der Waals surface area contributed by atoms with Gasteiger partial charge in [0.05, 0.1) is 12.3 Å². The van der Waals surface area contributed by atoms with E-state index < -0.39 is 10.0 Å². The Morgan fingerprint density at radius 1 is 1.30 bits per heavy atom. The van der Waals surface area contributed by atoms with Crippen LogP contribution in [0.2, 0.25) is 0 Å². The molecule has 8 heteroatoms. The zero-order valence-corrected chi connectivity index (χ0v) is 16.8. The topological polar surface area (TPSA) is 96.6 Å². The van der Waals surface area contributed by atoms with Crippen LogP contribution in [-0.4, -0.2) is 39.3 Å². The minimum atomic E-state index is -3.47. The van der Waals surface area contributed by atoms with Gasteiger partial charge in [0.1, 0.15) is 0 Å². The molecule has 0 fully saturated rings. The molecule has 23 heavy (non-hydrogen) atoms. The van der Waals surface area contributed by atoms with Crippen molar-refractivity contribution in [1.29, 1.82) is 0 Å². The molecule has 1 atom stereocenters. The first-order valence-electron chi connectivity index (χ1n) is 7.50. The summed E-state index contributed by atoms with van der Waals surface area (Å²) < 4.78 is 21.8. The molecule has 4 N–H and O–H groups in total. The molecule has 0 heterocycles. The van der Waals surface area contributed by atoms with Gasteiger partial charge in [-0.2, -0.15) is 0 Å². The van der Waals surface area contributed by atoms with Crippen LogP contribution in [-0.2, 0) is 16.4 Å². The Morgan fingerprint density at radius 2 is 1.96 bits per heavy atom. The molecule has 1 aromatic rings. The number of nitrogens with two attached hydrogens (primary N) is 1. The Hall–Kier alpha value is -0.870. The van der Waals surface area contributed by atoms with E-state index in [0.29, 0.717) is 12.5 Å². The zero-order chi connectivity index (χ0) is 16.4. The molecule has 0 saturated heterocycles. The van der Waals surface area contributed by atoms with Crippen molar-refractivity contribution in [3.8, 4) is 0 Å². The van der Waals surface area contributed by atoms with E-state index in [1.807, 2.05) is 25.1 Å². The number of nitrogens with one attached hydrogen (secondary N) is 2. The Morgan fingerprint density at radius 3 is 2.52 bits per heavy atom. The number of primary sulfonamides is 1. The number of sulfonamides is 1. The first kappa shape index (κ1) is 22.1. The molecule has 1 unspecified atom stereocenters. The van der Waals surface area contributed by atoms with E-state index in [9.17, 15) is 8.42 Å². The van der Waals surface area contributed by atoms with Gasteiger partial charge in [0.2, 0.25) is 10.0 Å². The number of benzene rings is 1. The van der Waals surface area contributed by atoms with E-state index in [0.717, 1.165) is 12.8 Å². The third-order valence-corrected chi connectivity index (χ3v) is 3.83. The van der Waals surface area contributed by atoms with Crippen molar-refractivity contribution in [2.24, 2.45) is 10.1 Å². The largest absolute Gasteiger partial charge is 0.357 e. The van der Waals surface area contributed by atoms with Gasteiger partial charge < -0.3 is 10.6 Å². The monoisotopic (exact) mass is 454 g/mol. The lowest BCUT2D eigenvalue weighted by molar-refractivity contribution is 0.592. The van der Waals surface area contributed by atoms with Gasteiger partial charge >= 0.3 is 0 Å². The molecule has 0 aromatic heterocycles. The number of hydrogen-bond acceptors (Lipinski definition) is 3. The molecule has 132 valence electrons. The van der Waals surface area contributed by atoms with Crippen molar-refractivity contribution in [1.82, 2.24) is 10.6 Å². The van der Waals surface area contributed by atoms with Crippen molar-refractivity contribution in [3.63, 3.8) is 0 Å². The highest BCUT2D eigenvalue weighted by Gasteiger charge is 2.06. The molecule has 0 aliphatic heterocycles. The van der Waals surface area contributed by atoms with E-state index in [1.54, 1.807) is 0 Å². The maximum Gasteiger partial charge on any atom is 0.210 e. The second-order valence-electron chi connectivity index (χ2n) is 5.20. The molecule has 0 aliphatic rings. The van der Waals surface area contributed by atoms with Crippen LogP contribution in [0.15, 0.2) is 35.3 Å². The fraction of sp³-hybridized carbons (Fsp3) is 0.533. The lowest BCUT2D eigenvalue weighted by Gasteiger charge is -2.17. The Labute approximate surface area is 156 Å². The molecule has 0 amide bonds.